The molecule has 0 aromatic rings. The van der Waals surface area contributed by atoms with E-state index < -0.39 is 0 Å². The maximum Gasteiger partial charge on any atom is 0.223 e. The van der Waals surface area contributed by atoms with E-state index in [4.69, 9.17) is 0 Å². The van der Waals surface area contributed by atoms with Crippen molar-refractivity contribution in [2.45, 2.75) is 25.7 Å². The summed E-state index contributed by atoms with van der Waals surface area (Å²) in [7, 11) is 0. The summed E-state index contributed by atoms with van der Waals surface area (Å²) in [6.07, 6.45) is 4.32. The SMILES string of the molecule is O=C(CCSC1=NCCS1)N1CCCCC1. The number of hydrogen-bond acceptors (Lipinski definition) is 4. The van der Waals surface area contributed by atoms with Gasteiger partial charge in [0.2, 0.25) is 5.91 Å². The Bertz CT molecular complexity index is 275. The lowest BCUT2D eigenvalue weighted by Gasteiger charge is -2.26. The van der Waals surface area contributed by atoms with E-state index in [1.807, 2.05) is 16.7 Å². The number of carbonyl (C=O) groups excluding carboxylic acids is 1. The van der Waals surface area contributed by atoms with E-state index >= 15 is 0 Å². The topological polar surface area (TPSA) is 32.7 Å². The second-order valence-corrected chi connectivity index (χ2v) is 6.46. The first-order chi connectivity index (χ1) is 7.86. The van der Waals surface area contributed by atoms with Gasteiger partial charge in [0.25, 0.3) is 0 Å². The largest absolute Gasteiger partial charge is 0.343 e. The van der Waals surface area contributed by atoms with Crippen LogP contribution in [0.4, 0.5) is 0 Å². The molecule has 0 aliphatic carbocycles. The molecule has 1 saturated heterocycles. The molecule has 16 heavy (non-hydrogen) atoms. The minimum Gasteiger partial charge on any atom is -0.343 e. The molecular formula is C11H18N2OS2. The third-order valence-electron chi connectivity index (χ3n) is 2.81. The molecule has 0 aromatic carbocycles. The molecule has 3 nitrogen and oxygen atoms in total. The van der Waals surface area contributed by atoms with Crippen molar-refractivity contribution in [3.63, 3.8) is 0 Å². The fraction of sp³-hybridized carbons (Fsp3) is 0.818. The molecule has 0 saturated carbocycles. The molecule has 0 atom stereocenters. The van der Waals surface area contributed by atoms with Crippen LogP contribution >= 0.6 is 23.5 Å². The Hall–Kier alpha value is -0.160. The van der Waals surface area contributed by atoms with E-state index in [1.54, 1.807) is 11.8 Å². The third kappa shape index (κ3) is 3.70. The fourth-order valence-electron chi connectivity index (χ4n) is 1.93. The molecule has 2 heterocycles. The van der Waals surface area contributed by atoms with Gasteiger partial charge < -0.3 is 4.90 Å². The van der Waals surface area contributed by atoms with Gasteiger partial charge in [0.1, 0.15) is 4.38 Å². The van der Waals surface area contributed by atoms with Crippen molar-refractivity contribution >= 4 is 33.8 Å². The van der Waals surface area contributed by atoms with Gasteiger partial charge in [-0.15, -0.1) is 0 Å². The summed E-state index contributed by atoms with van der Waals surface area (Å²) >= 11 is 3.56. The number of carbonyl (C=O) groups is 1. The van der Waals surface area contributed by atoms with Crippen molar-refractivity contribution in [1.82, 2.24) is 4.90 Å². The van der Waals surface area contributed by atoms with Crippen molar-refractivity contribution in [1.29, 1.82) is 0 Å². The minimum absolute atomic E-state index is 0.329. The van der Waals surface area contributed by atoms with Crippen molar-refractivity contribution in [2.24, 2.45) is 4.99 Å². The van der Waals surface area contributed by atoms with Crippen LogP contribution in [0.2, 0.25) is 0 Å². The Labute approximate surface area is 105 Å². The van der Waals surface area contributed by atoms with Crippen LogP contribution in [-0.2, 0) is 4.79 Å². The summed E-state index contributed by atoms with van der Waals surface area (Å²) in [5, 5.41) is 0. The van der Waals surface area contributed by atoms with Gasteiger partial charge in [-0.1, -0.05) is 23.5 Å². The van der Waals surface area contributed by atoms with Crippen LogP contribution in [0.3, 0.4) is 0 Å². The molecule has 5 heteroatoms. The summed E-state index contributed by atoms with van der Waals surface area (Å²) in [5.74, 6) is 2.33. The van der Waals surface area contributed by atoms with Crippen molar-refractivity contribution in [3.05, 3.63) is 0 Å². The number of nitrogens with zero attached hydrogens (tertiary/aromatic N) is 2. The normalized spacial score (nSPS) is 21.0. The number of likely N-dealkylation sites (tertiary alicyclic amines) is 1. The fourth-order valence-corrected chi connectivity index (χ4v) is 3.94. The zero-order chi connectivity index (χ0) is 11.2. The van der Waals surface area contributed by atoms with E-state index in [0.29, 0.717) is 12.3 Å². The zero-order valence-electron chi connectivity index (χ0n) is 9.48. The van der Waals surface area contributed by atoms with Crippen LogP contribution in [0.25, 0.3) is 0 Å². The molecule has 1 fully saturated rings. The highest BCUT2D eigenvalue weighted by molar-refractivity contribution is 8.39. The number of amides is 1. The first-order valence-corrected chi connectivity index (χ1v) is 7.91. The molecule has 2 rings (SSSR count). The third-order valence-corrected chi connectivity index (χ3v) is 5.06. The minimum atomic E-state index is 0.329. The van der Waals surface area contributed by atoms with Crippen LogP contribution in [0.5, 0.6) is 0 Å². The Morgan fingerprint density at radius 1 is 1.38 bits per heavy atom. The zero-order valence-corrected chi connectivity index (χ0v) is 11.1. The van der Waals surface area contributed by atoms with Gasteiger partial charge in [0, 0.05) is 31.0 Å². The molecule has 2 aliphatic heterocycles. The van der Waals surface area contributed by atoms with Gasteiger partial charge in [-0.3, -0.25) is 9.79 Å². The summed E-state index contributed by atoms with van der Waals surface area (Å²) in [5.41, 5.74) is 0. The number of piperidine rings is 1. The lowest BCUT2D eigenvalue weighted by Crippen LogP contribution is -2.35. The van der Waals surface area contributed by atoms with Crippen LogP contribution in [0.1, 0.15) is 25.7 Å². The average Bonchev–Trinajstić information content (AvgIpc) is 2.83. The monoisotopic (exact) mass is 258 g/mol. The molecule has 0 unspecified atom stereocenters. The lowest BCUT2D eigenvalue weighted by molar-refractivity contribution is -0.131. The second-order valence-electron chi connectivity index (χ2n) is 4.04. The highest BCUT2D eigenvalue weighted by atomic mass is 32.2. The Kier molecular flexibility index (Phi) is 5.03. The Balaban J connectivity index is 1.63. The molecule has 0 aromatic heterocycles. The first-order valence-electron chi connectivity index (χ1n) is 5.94. The smallest absolute Gasteiger partial charge is 0.223 e. The molecule has 1 amide bonds. The van der Waals surface area contributed by atoms with Gasteiger partial charge in [0.15, 0.2) is 0 Å². The van der Waals surface area contributed by atoms with Gasteiger partial charge in [-0.05, 0) is 19.3 Å². The quantitative estimate of drug-likeness (QED) is 0.778. The van der Waals surface area contributed by atoms with E-state index in [2.05, 4.69) is 4.99 Å². The Morgan fingerprint density at radius 3 is 2.88 bits per heavy atom. The molecule has 90 valence electrons. The van der Waals surface area contributed by atoms with E-state index in [0.717, 1.165) is 31.1 Å². The van der Waals surface area contributed by atoms with Crippen molar-refractivity contribution in [3.8, 4) is 0 Å². The summed E-state index contributed by atoms with van der Waals surface area (Å²) in [4.78, 5) is 18.2. The Morgan fingerprint density at radius 2 is 2.19 bits per heavy atom. The maximum absolute atomic E-state index is 11.8. The molecule has 0 radical (unpaired) electrons. The average molecular weight is 258 g/mol. The molecule has 0 bridgehead atoms. The van der Waals surface area contributed by atoms with E-state index in [-0.39, 0.29) is 0 Å². The predicted molar refractivity (Wildman–Crippen MR) is 72.3 cm³/mol. The first kappa shape index (κ1) is 12.3. The van der Waals surface area contributed by atoms with Gasteiger partial charge in [-0.2, -0.15) is 0 Å². The summed E-state index contributed by atoms with van der Waals surface area (Å²) in [6.45, 7) is 2.89. The summed E-state index contributed by atoms with van der Waals surface area (Å²) < 4.78 is 1.17. The number of aliphatic imine (C=N–C) groups is 1. The van der Waals surface area contributed by atoms with Crippen molar-refractivity contribution in [2.75, 3.05) is 31.1 Å². The van der Waals surface area contributed by atoms with Gasteiger partial charge in [-0.25, -0.2) is 0 Å². The second kappa shape index (κ2) is 6.55. The standard InChI is InChI=1S/C11H18N2OS2/c14-10(13-6-2-1-3-7-13)4-8-15-11-12-5-9-16-11/h1-9H2. The number of thioether (sulfide) groups is 2. The molecule has 2 aliphatic rings. The number of hydrogen-bond donors (Lipinski definition) is 0. The maximum atomic E-state index is 11.8. The molecular weight excluding hydrogens is 240 g/mol. The van der Waals surface area contributed by atoms with Gasteiger partial charge >= 0.3 is 0 Å². The molecule has 0 N–H and O–H groups in total. The van der Waals surface area contributed by atoms with Gasteiger partial charge in [0.05, 0.1) is 6.54 Å². The van der Waals surface area contributed by atoms with Crippen molar-refractivity contribution < 1.29 is 4.79 Å². The van der Waals surface area contributed by atoms with Crippen LogP contribution in [0.15, 0.2) is 4.99 Å². The van der Waals surface area contributed by atoms with E-state index in [9.17, 15) is 4.79 Å². The molecule has 0 spiro atoms. The lowest BCUT2D eigenvalue weighted by atomic mass is 10.1. The number of rotatable bonds is 3. The summed E-state index contributed by atoms with van der Waals surface area (Å²) in [6, 6.07) is 0. The van der Waals surface area contributed by atoms with Crippen LogP contribution < -0.4 is 0 Å². The van der Waals surface area contributed by atoms with Crippen LogP contribution in [-0.4, -0.2) is 46.3 Å². The highest BCUT2D eigenvalue weighted by Gasteiger charge is 2.16. The van der Waals surface area contributed by atoms with Crippen LogP contribution in [0, 0.1) is 0 Å². The predicted octanol–water partition coefficient (Wildman–Crippen LogP) is 2.23. The van der Waals surface area contributed by atoms with E-state index in [1.165, 1.54) is 23.6 Å². The highest BCUT2D eigenvalue weighted by Crippen LogP contribution is 2.22.